The van der Waals surface area contributed by atoms with Crippen molar-refractivity contribution in [2.24, 2.45) is 0 Å². The van der Waals surface area contributed by atoms with E-state index in [2.05, 4.69) is 30.3 Å². The SMILES string of the molecule is Fc1ccc(C2=CC3(CCCC3)c3ccccc32)cc1. The van der Waals surface area contributed by atoms with Gasteiger partial charge in [0.2, 0.25) is 0 Å². The molecule has 1 spiro atoms. The molecule has 1 saturated carbocycles. The van der Waals surface area contributed by atoms with Gasteiger partial charge in [0.15, 0.2) is 0 Å². The molecular weight excluding hydrogens is 247 g/mol. The summed E-state index contributed by atoms with van der Waals surface area (Å²) >= 11 is 0. The fraction of sp³-hybridized carbons (Fsp3) is 0.263. The minimum atomic E-state index is -0.170. The molecule has 4 rings (SSSR count). The van der Waals surface area contributed by atoms with Gasteiger partial charge in [-0.25, -0.2) is 4.39 Å². The smallest absolute Gasteiger partial charge is 0.123 e. The van der Waals surface area contributed by atoms with Gasteiger partial charge in [0.25, 0.3) is 0 Å². The van der Waals surface area contributed by atoms with Crippen LogP contribution in [0.4, 0.5) is 4.39 Å². The first-order valence-corrected chi connectivity index (χ1v) is 7.37. The molecule has 0 N–H and O–H groups in total. The van der Waals surface area contributed by atoms with Crippen LogP contribution < -0.4 is 0 Å². The van der Waals surface area contributed by atoms with Gasteiger partial charge in [-0.1, -0.05) is 55.3 Å². The van der Waals surface area contributed by atoms with Gasteiger partial charge < -0.3 is 0 Å². The quantitative estimate of drug-likeness (QED) is 0.673. The molecule has 2 aromatic carbocycles. The Labute approximate surface area is 119 Å². The predicted octanol–water partition coefficient (Wildman–Crippen LogP) is 5.08. The Kier molecular flexibility index (Phi) is 2.56. The Hall–Kier alpha value is -1.89. The zero-order valence-corrected chi connectivity index (χ0v) is 11.4. The van der Waals surface area contributed by atoms with Gasteiger partial charge >= 0.3 is 0 Å². The third-order valence-corrected chi connectivity index (χ3v) is 4.83. The number of halogens is 1. The highest BCUT2D eigenvalue weighted by Crippen LogP contribution is 2.51. The Balaban J connectivity index is 1.89. The first kappa shape index (κ1) is 11.9. The molecule has 0 aliphatic heterocycles. The molecule has 0 atom stereocenters. The Morgan fingerprint density at radius 2 is 1.55 bits per heavy atom. The third-order valence-electron chi connectivity index (χ3n) is 4.83. The Morgan fingerprint density at radius 3 is 2.30 bits per heavy atom. The maximum atomic E-state index is 13.1. The molecule has 2 aliphatic rings. The van der Waals surface area contributed by atoms with Gasteiger partial charge in [-0.15, -0.1) is 0 Å². The molecule has 0 unspecified atom stereocenters. The average Bonchev–Trinajstić information content (AvgIpc) is 3.08. The van der Waals surface area contributed by atoms with Gasteiger partial charge in [0.1, 0.15) is 5.82 Å². The van der Waals surface area contributed by atoms with Crippen molar-refractivity contribution in [1.29, 1.82) is 0 Å². The normalized spacial score (nSPS) is 19.1. The molecule has 0 amide bonds. The summed E-state index contributed by atoms with van der Waals surface area (Å²) in [5.74, 6) is -0.170. The van der Waals surface area contributed by atoms with E-state index in [4.69, 9.17) is 0 Å². The van der Waals surface area contributed by atoms with Crippen molar-refractivity contribution < 1.29 is 4.39 Å². The molecule has 2 aromatic rings. The third kappa shape index (κ3) is 1.66. The van der Waals surface area contributed by atoms with Gasteiger partial charge in [0.05, 0.1) is 0 Å². The number of hydrogen-bond donors (Lipinski definition) is 0. The summed E-state index contributed by atoms with van der Waals surface area (Å²) in [4.78, 5) is 0. The summed E-state index contributed by atoms with van der Waals surface area (Å²) in [6, 6.07) is 15.6. The van der Waals surface area contributed by atoms with Gasteiger partial charge in [-0.05, 0) is 47.2 Å². The summed E-state index contributed by atoms with van der Waals surface area (Å²) in [5.41, 5.74) is 5.45. The van der Waals surface area contributed by atoms with E-state index in [-0.39, 0.29) is 11.2 Å². The summed E-state index contributed by atoms with van der Waals surface area (Å²) in [5, 5.41) is 0. The van der Waals surface area contributed by atoms with Crippen LogP contribution in [-0.2, 0) is 5.41 Å². The molecule has 0 saturated heterocycles. The van der Waals surface area contributed by atoms with Crippen molar-refractivity contribution in [2.75, 3.05) is 0 Å². The fourth-order valence-corrected chi connectivity index (χ4v) is 3.87. The maximum Gasteiger partial charge on any atom is 0.123 e. The van der Waals surface area contributed by atoms with Crippen molar-refractivity contribution in [1.82, 2.24) is 0 Å². The molecule has 100 valence electrons. The fourth-order valence-electron chi connectivity index (χ4n) is 3.87. The van der Waals surface area contributed by atoms with Gasteiger partial charge in [-0.2, -0.15) is 0 Å². The zero-order chi connectivity index (χ0) is 13.6. The number of hydrogen-bond acceptors (Lipinski definition) is 0. The van der Waals surface area contributed by atoms with Crippen LogP contribution >= 0.6 is 0 Å². The second kappa shape index (κ2) is 4.31. The minimum Gasteiger partial charge on any atom is -0.207 e. The lowest BCUT2D eigenvalue weighted by molar-refractivity contribution is 0.568. The van der Waals surface area contributed by atoms with E-state index in [0.717, 1.165) is 5.56 Å². The van der Waals surface area contributed by atoms with Gasteiger partial charge in [0, 0.05) is 5.41 Å². The van der Waals surface area contributed by atoms with Crippen LogP contribution in [0, 0.1) is 5.82 Å². The average molecular weight is 264 g/mol. The van der Waals surface area contributed by atoms with E-state index in [9.17, 15) is 4.39 Å². The van der Waals surface area contributed by atoms with Crippen molar-refractivity contribution in [3.8, 4) is 0 Å². The van der Waals surface area contributed by atoms with Crippen molar-refractivity contribution in [3.63, 3.8) is 0 Å². The van der Waals surface area contributed by atoms with Crippen LogP contribution in [-0.4, -0.2) is 0 Å². The van der Waals surface area contributed by atoms with E-state index in [1.807, 2.05) is 12.1 Å². The van der Waals surface area contributed by atoms with E-state index in [1.54, 1.807) is 12.1 Å². The Morgan fingerprint density at radius 1 is 0.850 bits per heavy atom. The van der Waals surface area contributed by atoms with Crippen LogP contribution in [0.2, 0.25) is 0 Å². The second-order valence-electron chi connectivity index (χ2n) is 5.97. The lowest BCUT2D eigenvalue weighted by Gasteiger charge is -2.22. The summed E-state index contributed by atoms with van der Waals surface area (Å²) in [6.07, 6.45) is 7.55. The van der Waals surface area contributed by atoms with E-state index >= 15 is 0 Å². The number of rotatable bonds is 1. The first-order valence-electron chi connectivity index (χ1n) is 7.37. The molecule has 2 aliphatic carbocycles. The monoisotopic (exact) mass is 264 g/mol. The van der Waals surface area contributed by atoms with Gasteiger partial charge in [-0.3, -0.25) is 0 Å². The molecule has 0 nitrogen and oxygen atoms in total. The second-order valence-corrected chi connectivity index (χ2v) is 5.97. The molecule has 20 heavy (non-hydrogen) atoms. The van der Waals surface area contributed by atoms with Crippen LogP contribution in [0.15, 0.2) is 54.6 Å². The standard InChI is InChI=1S/C19H17F/c20-15-9-7-14(8-10-15)17-13-19(11-3-4-12-19)18-6-2-1-5-16(17)18/h1-2,5-10,13H,3-4,11-12H2. The summed E-state index contributed by atoms with van der Waals surface area (Å²) in [6.45, 7) is 0. The number of benzene rings is 2. The predicted molar refractivity (Wildman–Crippen MR) is 80.1 cm³/mol. The van der Waals surface area contributed by atoms with E-state index < -0.39 is 0 Å². The molecular formula is C19H17F. The highest BCUT2D eigenvalue weighted by Gasteiger charge is 2.40. The summed E-state index contributed by atoms with van der Waals surface area (Å²) in [7, 11) is 0. The minimum absolute atomic E-state index is 0.170. The highest BCUT2D eigenvalue weighted by molar-refractivity contribution is 5.87. The molecule has 0 radical (unpaired) electrons. The first-order chi connectivity index (χ1) is 9.78. The van der Waals surface area contributed by atoms with E-state index in [0.29, 0.717) is 0 Å². The van der Waals surface area contributed by atoms with E-state index in [1.165, 1.54) is 42.4 Å². The lowest BCUT2D eigenvalue weighted by atomic mass is 9.81. The van der Waals surface area contributed by atoms with Crippen LogP contribution in [0.1, 0.15) is 42.4 Å². The number of allylic oxidation sites excluding steroid dienone is 1. The highest BCUT2D eigenvalue weighted by atomic mass is 19.1. The van der Waals surface area contributed by atoms with Crippen molar-refractivity contribution >= 4 is 5.57 Å². The van der Waals surface area contributed by atoms with Crippen LogP contribution in [0.25, 0.3) is 5.57 Å². The van der Waals surface area contributed by atoms with Crippen molar-refractivity contribution in [2.45, 2.75) is 31.1 Å². The maximum absolute atomic E-state index is 13.1. The molecule has 1 heteroatoms. The molecule has 0 aromatic heterocycles. The molecule has 0 bridgehead atoms. The zero-order valence-electron chi connectivity index (χ0n) is 11.4. The molecule has 0 heterocycles. The largest absolute Gasteiger partial charge is 0.207 e. The van der Waals surface area contributed by atoms with Crippen LogP contribution in [0.5, 0.6) is 0 Å². The van der Waals surface area contributed by atoms with Crippen LogP contribution in [0.3, 0.4) is 0 Å². The Bertz CT molecular complexity index is 673. The topological polar surface area (TPSA) is 0 Å². The summed E-state index contributed by atoms with van der Waals surface area (Å²) < 4.78 is 13.1. The number of fused-ring (bicyclic) bond motifs is 2. The molecule has 1 fully saturated rings. The lowest BCUT2D eigenvalue weighted by Crippen LogP contribution is -2.16. The van der Waals surface area contributed by atoms with Crippen molar-refractivity contribution in [3.05, 3.63) is 77.1 Å².